The molecular formula is C8H13NS. The molecule has 0 fully saturated rings. The SMILES string of the molecule is CNCCc1sccc1C. The van der Waals surface area contributed by atoms with E-state index in [1.54, 1.807) is 0 Å². The summed E-state index contributed by atoms with van der Waals surface area (Å²) < 4.78 is 0. The quantitative estimate of drug-likeness (QED) is 0.702. The van der Waals surface area contributed by atoms with E-state index in [4.69, 9.17) is 0 Å². The largest absolute Gasteiger partial charge is 0.319 e. The minimum atomic E-state index is 1.08. The lowest BCUT2D eigenvalue weighted by Crippen LogP contribution is -2.09. The van der Waals surface area contributed by atoms with Crippen LogP contribution in [0.25, 0.3) is 0 Å². The van der Waals surface area contributed by atoms with Gasteiger partial charge < -0.3 is 5.32 Å². The highest BCUT2D eigenvalue weighted by Crippen LogP contribution is 2.15. The highest BCUT2D eigenvalue weighted by Gasteiger charge is 1.96. The second kappa shape index (κ2) is 3.74. The summed E-state index contributed by atoms with van der Waals surface area (Å²) in [6, 6.07) is 2.18. The Balaban J connectivity index is 2.49. The Morgan fingerprint density at radius 3 is 2.90 bits per heavy atom. The molecule has 56 valence electrons. The van der Waals surface area contributed by atoms with Crippen molar-refractivity contribution in [1.29, 1.82) is 0 Å². The maximum atomic E-state index is 3.14. The van der Waals surface area contributed by atoms with Crippen LogP contribution in [-0.2, 0) is 6.42 Å². The van der Waals surface area contributed by atoms with Crippen LogP contribution >= 0.6 is 11.3 Å². The molecule has 1 rings (SSSR count). The number of thiophene rings is 1. The minimum absolute atomic E-state index is 1.08. The fourth-order valence-corrected chi connectivity index (χ4v) is 1.81. The lowest BCUT2D eigenvalue weighted by molar-refractivity contribution is 0.797. The molecular weight excluding hydrogens is 142 g/mol. The van der Waals surface area contributed by atoms with E-state index in [9.17, 15) is 0 Å². The van der Waals surface area contributed by atoms with Crippen molar-refractivity contribution >= 4 is 11.3 Å². The average molecular weight is 155 g/mol. The van der Waals surface area contributed by atoms with Crippen LogP contribution in [0.15, 0.2) is 11.4 Å². The summed E-state index contributed by atoms with van der Waals surface area (Å²) in [7, 11) is 1.99. The minimum Gasteiger partial charge on any atom is -0.319 e. The summed E-state index contributed by atoms with van der Waals surface area (Å²) in [5.41, 5.74) is 1.43. The van der Waals surface area contributed by atoms with Crippen molar-refractivity contribution in [3.63, 3.8) is 0 Å². The molecule has 2 heteroatoms. The first-order valence-electron chi connectivity index (χ1n) is 3.52. The van der Waals surface area contributed by atoms with Gasteiger partial charge in [0.25, 0.3) is 0 Å². The molecule has 1 nitrogen and oxygen atoms in total. The van der Waals surface area contributed by atoms with Crippen molar-refractivity contribution < 1.29 is 0 Å². The first-order chi connectivity index (χ1) is 4.84. The van der Waals surface area contributed by atoms with Gasteiger partial charge in [-0.05, 0) is 43.9 Å². The summed E-state index contributed by atoms with van der Waals surface area (Å²) >= 11 is 1.85. The Labute approximate surface area is 66.1 Å². The fraction of sp³-hybridized carbons (Fsp3) is 0.500. The zero-order chi connectivity index (χ0) is 7.40. The van der Waals surface area contributed by atoms with Crippen LogP contribution in [0.3, 0.4) is 0 Å². The Morgan fingerprint density at radius 2 is 2.40 bits per heavy atom. The van der Waals surface area contributed by atoms with Crippen molar-refractivity contribution in [1.82, 2.24) is 5.32 Å². The van der Waals surface area contributed by atoms with Crippen LogP contribution in [0.2, 0.25) is 0 Å². The van der Waals surface area contributed by atoms with Gasteiger partial charge in [-0.15, -0.1) is 11.3 Å². The molecule has 1 aromatic rings. The van der Waals surface area contributed by atoms with Crippen LogP contribution in [0.5, 0.6) is 0 Å². The first-order valence-corrected chi connectivity index (χ1v) is 4.40. The third-order valence-corrected chi connectivity index (χ3v) is 2.65. The van der Waals surface area contributed by atoms with Gasteiger partial charge in [0.15, 0.2) is 0 Å². The molecule has 0 aliphatic heterocycles. The molecule has 0 unspecified atom stereocenters. The molecule has 1 aromatic heterocycles. The Kier molecular flexibility index (Phi) is 2.90. The molecule has 0 saturated carbocycles. The van der Waals surface area contributed by atoms with Gasteiger partial charge in [0.05, 0.1) is 0 Å². The summed E-state index contributed by atoms with van der Waals surface area (Å²) in [4.78, 5) is 1.51. The highest BCUT2D eigenvalue weighted by molar-refractivity contribution is 7.10. The van der Waals surface area contributed by atoms with E-state index in [2.05, 4.69) is 23.7 Å². The third-order valence-electron chi connectivity index (χ3n) is 1.57. The smallest absolute Gasteiger partial charge is 0.00870 e. The topological polar surface area (TPSA) is 12.0 Å². The molecule has 0 amide bonds. The van der Waals surface area contributed by atoms with Crippen molar-refractivity contribution in [3.8, 4) is 0 Å². The first kappa shape index (κ1) is 7.76. The van der Waals surface area contributed by atoms with Gasteiger partial charge in [-0.2, -0.15) is 0 Å². The van der Waals surface area contributed by atoms with Crippen molar-refractivity contribution in [2.24, 2.45) is 0 Å². The number of hydrogen-bond acceptors (Lipinski definition) is 2. The molecule has 0 bridgehead atoms. The Hall–Kier alpha value is -0.340. The van der Waals surface area contributed by atoms with Gasteiger partial charge in [0, 0.05) is 4.88 Å². The van der Waals surface area contributed by atoms with Crippen LogP contribution in [0, 0.1) is 6.92 Å². The standard InChI is InChI=1S/C8H13NS/c1-7-4-6-10-8(7)3-5-9-2/h4,6,9H,3,5H2,1-2H3. The van der Waals surface area contributed by atoms with Crippen LogP contribution < -0.4 is 5.32 Å². The number of aryl methyl sites for hydroxylation is 1. The fourth-order valence-electron chi connectivity index (χ4n) is 0.899. The van der Waals surface area contributed by atoms with Gasteiger partial charge in [-0.25, -0.2) is 0 Å². The van der Waals surface area contributed by atoms with Gasteiger partial charge in [0.2, 0.25) is 0 Å². The molecule has 1 N–H and O–H groups in total. The summed E-state index contributed by atoms with van der Waals surface area (Å²) in [6.07, 6.45) is 1.17. The van der Waals surface area contributed by atoms with Crippen molar-refractivity contribution in [2.45, 2.75) is 13.3 Å². The third kappa shape index (κ3) is 1.82. The lowest BCUT2D eigenvalue weighted by atomic mass is 10.2. The number of nitrogens with one attached hydrogen (secondary N) is 1. The summed E-state index contributed by atoms with van der Waals surface area (Å²) in [5, 5.41) is 5.29. The van der Waals surface area contributed by atoms with Gasteiger partial charge in [0.1, 0.15) is 0 Å². The zero-order valence-electron chi connectivity index (χ0n) is 6.48. The summed E-state index contributed by atoms with van der Waals surface area (Å²) in [6.45, 7) is 3.25. The van der Waals surface area contributed by atoms with E-state index in [-0.39, 0.29) is 0 Å². The molecule has 1 heterocycles. The number of rotatable bonds is 3. The maximum Gasteiger partial charge on any atom is 0.00870 e. The predicted molar refractivity (Wildman–Crippen MR) is 46.7 cm³/mol. The second-order valence-corrected chi connectivity index (χ2v) is 3.38. The molecule has 0 aliphatic rings. The van der Waals surface area contributed by atoms with E-state index in [1.807, 2.05) is 18.4 Å². The van der Waals surface area contributed by atoms with Crippen molar-refractivity contribution in [2.75, 3.05) is 13.6 Å². The van der Waals surface area contributed by atoms with Gasteiger partial charge in [-0.1, -0.05) is 0 Å². The van der Waals surface area contributed by atoms with Crippen LogP contribution in [0.4, 0.5) is 0 Å². The molecule has 0 saturated heterocycles. The van der Waals surface area contributed by atoms with Gasteiger partial charge >= 0.3 is 0 Å². The van der Waals surface area contributed by atoms with Crippen LogP contribution in [-0.4, -0.2) is 13.6 Å². The van der Waals surface area contributed by atoms with E-state index >= 15 is 0 Å². The second-order valence-electron chi connectivity index (χ2n) is 2.38. The van der Waals surface area contributed by atoms with E-state index in [0.717, 1.165) is 6.54 Å². The molecule has 0 atom stereocenters. The van der Waals surface area contributed by atoms with E-state index in [1.165, 1.54) is 16.9 Å². The zero-order valence-corrected chi connectivity index (χ0v) is 7.29. The average Bonchev–Trinajstić information content (AvgIpc) is 2.31. The summed E-state index contributed by atoms with van der Waals surface area (Å²) in [5.74, 6) is 0. The Bertz CT molecular complexity index is 193. The lowest BCUT2D eigenvalue weighted by Gasteiger charge is -1.96. The normalized spacial score (nSPS) is 10.2. The van der Waals surface area contributed by atoms with E-state index in [0.29, 0.717) is 0 Å². The number of likely N-dealkylation sites (N-methyl/N-ethyl adjacent to an activating group) is 1. The number of hydrogen-bond donors (Lipinski definition) is 1. The maximum absolute atomic E-state index is 3.14. The molecule has 0 spiro atoms. The molecule has 0 aliphatic carbocycles. The predicted octanol–water partition coefficient (Wildman–Crippen LogP) is 1.82. The van der Waals surface area contributed by atoms with Crippen molar-refractivity contribution in [3.05, 3.63) is 21.9 Å². The van der Waals surface area contributed by atoms with Crippen LogP contribution in [0.1, 0.15) is 10.4 Å². The Morgan fingerprint density at radius 1 is 1.60 bits per heavy atom. The highest BCUT2D eigenvalue weighted by atomic mass is 32.1. The molecule has 0 radical (unpaired) electrons. The molecule has 0 aromatic carbocycles. The molecule has 10 heavy (non-hydrogen) atoms. The van der Waals surface area contributed by atoms with Gasteiger partial charge in [-0.3, -0.25) is 0 Å². The van der Waals surface area contributed by atoms with E-state index < -0.39 is 0 Å². The monoisotopic (exact) mass is 155 g/mol.